The van der Waals surface area contributed by atoms with E-state index in [0.29, 0.717) is 28.9 Å². The number of H-pyrrole nitrogens is 1. The van der Waals surface area contributed by atoms with Gasteiger partial charge in [0.1, 0.15) is 0 Å². The fourth-order valence-electron chi connectivity index (χ4n) is 2.32. The molecule has 2 amide bonds. The number of anilines is 1. The van der Waals surface area contributed by atoms with E-state index < -0.39 is 0 Å². The third kappa shape index (κ3) is 3.06. The Kier molecular flexibility index (Phi) is 4.05. The Morgan fingerprint density at radius 3 is 2.61 bits per heavy atom. The van der Waals surface area contributed by atoms with E-state index in [-0.39, 0.29) is 11.8 Å². The second-order valence-corrected chi connectivity index (χ2v) is 5.03. The van der Waals surface area contributed by atoms with Gasteiger partial charge in [0, 0.05) is 23.2 Å². The summed E-state index contributed by atoms with van der Waals surface area (Å²) in [6.07, 6.45) is 1.67. The Hall–Kier alpha value is -3.15. The lowest BCUT2D eigenvalue weighted by atomic mass is 10.1. The van der Waals surface area contributed by atoms with Gasteiger partial charge in [-0.15, -0.1) is 0 Å². The third-order valence-electron chi connectivity index (χ3n) is 3.46. The number of carbonyl (C=O) groups is 2. The molecule has 0 atom stereocenters. The molecule has 6 heteroatoms. The first-order valence-electron chi connectivity index (χ1n) is 7.30. The van der Waals surface area contributed by atoms with Crippen LogP contribution in [-0.2, 0) is 0 Å². The summed E-state index contributed by atoms with van der Waals surface area (Å²) in [4.78, 5) is 24.1. The zero-order chi connectivity index (χ0) is 16.2. The molecule has 0 fully saturated rings. The number of nitrogens with one attached hydrogen (secondary N) is 3. The molecule has 0 spiro atoms. The van der Waals surface area contributed by atoms with E-state index in [1.165, 1.54) is 0 Å². The number of carbonyl (C=O) groups excluding carboxylic acids is 2. The Balaban J connectivity index is 1.78. The lowest BCUT2D eigenvalue weighted by molar-refractivity contribution is 0.0955. The molecule has 0 saturated heterocycles. The van der Waals surface area contributed by atoms with E-state index in [1.807, 2.05) is 19.1 Å². The minimum absolute atomic E-state index is 0.132. The molecule has 0 aliphatic carbocycles. The van der Waals surface area contributed by atoms with Gasteiger partial charge in [0.25, 0.3) is 11.8 Å². The van der Waals surface area contributed by atoms with Gasteiger partial charge in [-0.1, -0.05) is 12.1 Å². The third-order valence-corrected chi connectivity index (χ3v) is 3.46. The summed E-state index contributed by atoms with van der Waals surface area (Å²) in [6, 6.07) is 12.2. The van der Waals surface area contributed by atoms with Crippen molar-refractivity contribution >= 4 is 28.4 Å². The van der Waals surface area contributed by atoms with Crippen molar-refractivity contribution in [1.82, 2.24) is 15.5 Å². The van der Waals surface area contributed by atoms with E-state index in [9.17, 15) is 9.59 Å². The van der Waals surface area contributed by atoms with Crippen molar-refractivity contribution in [2.75, 3.05) is 11.9 Å². The van der Waals surface area contributed by atoms with Gasteiger partial charge in [-0.05, 0) is 37.3 Å². The maximum atomic E-state index is 12.4. The molecule has 3 aromatic rings. The lowest BCUT2D eigenvalue weighted by Crippen LogP contribution is -2.22. The first kappa shape index (κ1) is 14.8. The SMILES string of the molecule is CCNC(=O)c1ccc(NC(=O)c2cccc3cn[nH]c23)cc1. The van der Waals surface area contributed by atoms with Crippen LogP contribution in [0.1, 0.15) is 27.6 Å². The number of para-hydroxylation sites is 1. The quantitative estimate of drug-likeness (QED) is 0.692. The van der Waals surface area contributed by atoms with Crippen LogP contribution in [0.3, 0.4) is 0 Å². The molecule has 0 saturated carbocycles. The predicted molar refractivity (Wildman–Crippen MR) is 88.5 cm³/mol. The summed E-state index contributed by atoms with van der Waals surface area (Å²) in [5.41, 5.74) is 2.40. The Labute approximate surface area is 132 Å². The maximum Gasteiger partial charge on any atom is 0.257 e. The fraction of sp³-hybridized carbons (Fsp3) is 0.118. The van der Waals surface area contributed by atoms with Gasteiger partial charge >= 0.3 is 0 Å². The summed E-state index contributed by atoms with van der Waals surface area (Å²) in [7, 11) is 0. The predicted octanol–water partition coefficient (Wildman–Crippen LogP) is 2.56. The molecular formula is C17H16N4O2. The largest absolute Gasteiger partial charge is 0.352 e. The number of amides is 2. The van der Waals surface area contributed by atoms with Crippen molar-refractivity contribution in [3.8, 4) is 0 Å². The summed E-state index contributed by atoms with van der Waals surface area (Å²) < 4.78 is 0. The molecule has 1 heterocycles. The summed E-state index contributed by atoms with van der Waals surface area (Å²) in [6.45, 7) is 2.44. The number of benzene rings is 2. The van der Waals surface area contributed by atoms with Crippen molar-refractivity contribution in [2.24, 2.45) is 0 Å². The van der Waals surface area contributed by atoms with E-state index >= 15 is 0 Å². The first-order chi connectivity index (χ1) is 11.2. The highest BCUT2D eigenvalue weighted by atomic mass is 16.2. The number of aromatic amines is 1. The maximum absolute atomic E-state index is 12.4. The number of hydrogen-bond acceptors (Lipinski definition) is 3. The highest BCUT2D eigenvalue weighted by Gasteiger charge is 2.12. The molecule has 23 heavy (non-hydrogen) atoms. The van der Waals surface area contributed by atoms with Crippen molar-refractivity contribution < 1.29 is 9.59 Å². The van der Waals surface area contributed by atoms with Crippen molar-refractivity contribution in [1.29, 1.82) is 0 Å². The molecule has 3 N–H and O–H groups in total. The van der Waals surface area contributed by atoms with Gasteiger partial charge in [0.15, 0.2) is 0 Å². The molecule has 0 unspecified atom stereocenters. The van der Waals surface area contributed by atoms with Crippen molar-refractivity contribution in [3.63, 3.8) is 0 Å². The summed E-state index contributed by atoms with van der Waals surface area (Å²) in [5, 5.41) is 13.2. The summed E-state index contributed by atoms with van der Waals surface area (Å²) in [5.74, 6) is -0.363. The average molecular weight is 308 g/mol. The van der Waals surface area contributed by atoms with Gasteiger partial charge < -0.3 is 10.6 Å². The number of hydrogen-bond donors (Lipinski definition) is 3. The molecule has 2 aromatic carbocycles. The van der Waals surface area contributed by atoms with Crippen LogP contribution in [0, 0.1) is 0 Å². The topological polar surface area (TPSA) is 86.9 Å². The Morgan fingerprint density at radius 1 is 1.09 bits per heavy atom. The number of aromatic nitrogens is 2. The van der Waals surface area contributed by atoms with Gasteiger partial charge in [-0.3, -0.25) is 14.7 Å². The van der Waals surface area contributed by atoms with E-state index in [4.69, 9.17) is 0 Å². The van der Waals surface area contributed by atoms with Crippen LogP contribution in [0.15, 0.2) is 48.7 Å². The van der Waals surface area contributed by atoms with Crippen LogP contribution in [-0.4, -0.2) is 28.6 Å². The number of nitrogens with zero attached hydrogens (tertiary/aromatic N) is 1. The van der Waals surface area contributed by atoms with E-state index in [2.05, 4.69) is 20.8 Å². The summed E-state index contributed by atoms with van der Waals surface area (Å²) >= 11 is 0. The monoisotopic (exact) mass is 308 g/mol. The van der Waals surface area contributed by atoms with Gasteiger partial charge in [0.05, 0.1) is 17.3 Å². The molecule has 6 nitrogen and oxygen atoms in total. The van der Waals surface area contributed by atoms with Gasteiger partial charge in [-0.2, -0.15) is 5.10 Å². The normalized spacial score (nSPS) is 10.5. The highest BCUT2D eigenvalue weighted by Crippen LogP contribution is 2.18. The smallest absolute Gasteiger partial charge is 0.257 e. The highest BCUT2D eigenvalue weighted by molar-refractivity contribution is 6.11. The average Bonchev–Trinajstić information content (AvgIpc) is 3.04. The molecular weight excluding hydrogens is 292 g/mol. The molecule has 0 radical (unpaired) electrons. The second-order valence-electron chi connectivity index (χ2n) is 5.03. The van der Waals surface area contributed by atoms with Crippen LogP contribution < -0.4 is 10.6 Å². The molecule has 3 rings (SSSR count). The van der Waals surface area contributed by atoms with E-state index in [1.54, 1.807) is 36.5 Å². The van der Waals surface area contributed by atoms with Crippen LogP contribution in [0.4, 0.5) is 5.69 Å². The Morgan fingerprint density at radius 2 is 1.87 bits per heavy atom. The van der Waals surface area contributed by atoms with Crippen LogP contribution >= 0.6 is 0 Å². The standard InChI is InChI=1S/C17H16N4O2/c1-2-18-16(22)11-6-8-13(9-7-11)20-17(23)14-5-3-4-12-10-19-21-15(12)14/h3-10H,2H2,1H3,(H,18,22)(H,19,21)(H,20,23). The van der Waals surface area contributed by atoms with Gasteiger partial charge in [0.2, 0.25) is 0 Å². The molecule has 0 aliphatic rings. The number of fused-ring (bicyclic) bond motifs is 1. The zero-order valence-corrected chi connectivity index (χ0v) is 12.6. The molecule has 116 valence electrons. The molecule has 0 aliphatic heterocycles. The molecule has 1 aromatic heterocycles. The second kappa shape index (κ2) is 6.31. The van der Waals surface area contributed by atoms with E-state index in [0.717, 1.165) is 5.39 Å². The van der Waals surface area contributed by atoms with Gasteiger partial charge in [-0.25, -0.2) is 0 Å². The van der Waals surface area contributed by atoms with Crippen LogP contribution in [0.2, 0.25) is 0 Å². The molecule has 0 bridgehead atoms. The minimum atomic E-state index is -0.231. The number of rotatable bonds is 4. The lowest BCUT2D eigenvalue weighted by Gasteiger charge is -2.07. The minimum Gasteiger partial charge on any atom is -0.352 e. The fourth-order valence-corrected chi connectivity index (χ4v) is 2.32. The zero-order valence-electron chi connectivity index (χ0n) is 12.6. The first-order valence-corrected chi connectivity index (χ1v) is 7.30. The van der Waals surface area contributed by atoms with Crippen LogP contribution in [0.5, 0.6) is 0 Å². The van der Waals surface area contributed by atoms with Crippen LogP contribution in [0.25, 0.3) is 10.9 Å². The van der Waals surface area contributed by atoms with Crippen molar-refractivity contribution in [3.05, 3.63) is 59.8 Å². The van der Waals surface area contributed by atoms with Crippen molar-refractivity contribution in [2.45, 2.75) is 6.92 Å². The Bertz CT molecular complexity index is 852.